The fourth-order valence-electron chi connectivity index (χ4n) is 2.42. The summed E-state index contributed by atoms with van der Waals surface area (Å²) in [6, 6.07) is 0. The fourth-order valence-corrected chi connectivity index (χ4v) is 6.78. The Morgan fingerprint density at radius 3 is 2.11 bits per heavy atom. The smallest absolute Gasteiger partial charge is 0.258 e. The third kappa shape index (κ3) is 3.23. The van der Waals surface area contributed by atoms with Crippen LogP contribution in [0.5, 0.6) is 0 Å². The molecule has 0 fully saturated rings. The van der Waals surface area contributed by atoms with Crippen molar-refractivity contribution in [3.8, 4) is 0 Å². The minimum Gasteiger partial charge on any atom is -0.365 e. The largest absolute Gasteiger partial charge is 0.365 e. The molecule has 0 saturated heterocycles. The van der Waals surface area contributed by atoms with E-state index in [9.17, 15) is 4.79 Å². The Morgan fingerprint density at radius 1 is 1.17 bits per heavy atom. The first-order chi connectivity index (χ1) is 8.32. The van der Waals surface area contributed by atoms with E-state index in [1.54, 1.807) is 11.3 Å². The topological polar surface area (TPSA) is 43.1 Å². The number of hydrogen-bond acceptors (Lipinski definition) is 2. The van der Waals surface area contributed by atoms with Crippen molar-refractivity contribution in [2.24, 2.45) is 5.73 Å². The summed E-state index contributed by atoms with van der Waals surface area (Å²) < 4.78 is 0. The molecular weight excluding hydrogens is 258 g/mol. The van der Waals surface area contributed by atoms with Gasteiger partial charge in [-0.05, 0) is 23.6 Å². The van der Waals surface area contributed by atoms with Crippen molar-refractivity contribution >= 4 is 30.5 Å². The Morgan fingerprint density at radius 2 is 1.72 bits per heavy atom. The van der Waals surface area contributed by atoms with Gasteiger partial charge in [-0.25, -0.2) is 0 Å². The van der Waals surface area contributed by atoms with Crippen LogP contribution in [0.1, 0.15) is 46.8 Å². The Bertz CT molecular complexity index is 432. The van der Waals surface area contributed by atoms with E-state index < -0.39 is 8.07 Å². The maximum atomic E-state index is 11.7. The van der Waals surface area contributed by atoms with Gasteiger partial charge in [0.25, 0.3) is 5.91 Å². The van der Waals surface area contributed by atoms with Crippen LogP contribution in [0.25, 0.3) is 0 Å². The van der Waals surface area contributed by atoms with Crippen molar-refractivity contribution in [2.45, 2.75) is 59.2 Å². The zero-order valence-electron chi connectivity index (χ0n) is 12.2. The molecule has 1 aromatic heterocycles. The summed E-state index contributed by atoms with van der Waals surface area (Å²) in [6.07, 6.45) is 4.41. The monoisotopic (exact) mass is 283 g/mol. The van der Waals surface area contributed by atoms with Crippen LogP contribution in [0, 0.1) is 0 Å². The predicted molar refractivity (Wildman–Crippen MR) is 83.8 cm³/mol. The van der Waals surface area contributed by atoms with Gasteiger partial charge in [0.1, 0.15) is 0 Å². The molecule has 1 rings (SSSR count). The minimum absolute atomic E-state index is 0.239. The van der Waals surface area contributed by atoms with Gasteiger partial charge in [-0.3, -0.25) is 4.79 Å². The van der Waals surface area contributed by atoms with Crippen LogP contribution >= 0.6 is 11.3 Å². The van der Waals surface area contributed by atoms with Gasteiger partial charge < -0.3 is 5.73 Å². The van der Waals surface area contributed by atoms with Gasteiger partial charge in [0.15, 0.2) is 0 Å². The van der Waals surface area contributed by atoms with Crippen LogP contribution in [-0.2, 0) is 12.8 Å². The Hall–Kier alpha value is -0.613. The molecule has 0 unspecified atom stereocenters. The zero-order chi connectivity index (χ0) is 13.9. The molecule has 0 spiro atoms. The molecule has 0 atom stereocenters. The number of carbonyl (C=O) groups excluding carboxylic acids is 1. The molecule has 2 N–H and O–H groups in total. The number of thiophene rings is 1. The second-order valence-corrected chi connectivity index (χ2v) is 11.9. The third-order valence-electron chi connectivity index (χ3n) is 3.04. The molecule has 0 aliphatic rings. The van der Waals surface area contributed by atoms with Crippen molar-refractivity contribution in [2.75, 3.05) is 0 Å². The Kier molecular flexibility index (Phi) is 5.17. The van der Waals surface area contributed by atoms with E-state index in [4.69, 9.17) is 5.73 Å². The molecule has 0 aliphatic heterocycles. The van der Waals surface area contributed by atoms with E-state index in [1.165, 1.54) is 15.6 Å². The third-order valence-corrected chi connectivity index (χ3v) is 6.58. The van der Waals surface area contributed by atoms with Crippen molar-refractivity contribution in [3.05, 3.63) is 15.3 Å². The van der Waals surface area contributed by atoms with Gasteiger partial charge in [0.2, 0.25) is 0 Å². The normalized spacial score (nSPS) is 11.8. The van der Waals surface area contributed by atoms with Crippen molar-refractivity contribution in [1.82, 2.24) is 0 Å². The maximum absolute atomic E-state index is 11.7. The van der Waals surface area contributed by atoms with Crippen LogP contribution < -0.4 is 10.9 Å². The van der Waals surface area contributed by atoms with Crippen molar-refractivity contribution < 1.29 is 4.79 Å². The average Bonchev–Trinajstić information content (AvgIpc) is 2.58. The molecular formula is C14H25NOSSi. The number of nitrogens with two attached hydrogens (primary N) is 1. The maximum Gasteiger partial charge on any atom is 0.258 e. The van der Waals surface area contributed by atoms with Gasteiger partial charge in [-0.1, -0.05) is 46.3 Å². The molecule has 0 bridgehead atoms. The average molecular weight is 284 g/mol. The van der Waals surface area contributed by atoms with E-state index in [0.29, 0.717) is 0 Å². The van der Waals surface area contributed by atoms with Crippen molar-refractivity contribution in [3.63, 3.8) is 0 Å². The van der Waals surface area contributed by atoms with Crippen molar-refractivity contribution in [1.29, 1.82) is 0 Å². The van der Waals surface area contributed by atoms with E-state index in [-0.39, 0.29) is 5.91 Å². The van der Waals surface area contributed by atoms with Gasteiger partial charge in [0, 0.05) is 4.88 Å². The van der Waals surface area contributed by atoms with E-state index >= 15 is 0 Å². The van der Waals surface area contributed by atoms with Crippen LogP contribution in [0.4, 0.5) is 0 Å². The first kappa shape index (κ1) is 15.4. The summed E-state index contributed by atoms with van der Waals surface area (Å²) in [4.78, 5) is 13.9. The van der Waals surface area contributed by atoms with Crippen LogP contribution in [0.2, 0.25) is 19.6 Å². The fraction of sp³-hybridized carbons (Fsp3) is 0.643. The molecule has 1 heterocycles. The highest BCUT2D eigenvalue weighted by molar-refractivity contribution is 7.17. The summed E-state index contributed by atoms with van der Waals surface area (Å²) in [7, 11) is -1.52. The summed E-state index contributed by atoms with van der Waals surface area (Å²) in [5, 5.41) is 1.32. The summed E-state index contributed by atoms with van der Waals surface area (Å²) >= 11 is 1.65. The highest BCUT2D eigenvalue weighted by Gasteiger charge is 2.29. The van der Waals surface area contributed by atoms with Crippen LogP contribution in [-0.4, -0.2) is 14.0 Å². The lowest BCUT2D eigenvalue weighted by molar-refractivity contribution is 0.100. The predicted octanol–water partition coefficient (Wildman–Crippen LogP) is 3.30. The second kappa shape index (κ2) is 6.02. The molecule has 4 heteroatoms. The SMILES string of the molecule is CCCc1sc(C(N)=O)c([Si](C)(C)C)c1CCC. The van der Waals surface area contributed by atoms with Gasteiger partial charge in [-0.2, -0.15) is 0 Å². The first-order valence-corrected chi connectivity index (χ1v) is 11.1. The lowest BCUT2D eigenvalue weighted by Gasteiger charge is -2.19. The standard InChI is InChI=1S/C14H25NOSSi/c1-6-8-10-11(9-7-2)17-12(14(15)16)13(10)18(3,4)5/h6-9H2,1-5H3,(H2,15,16). The highest BCUT2D eigenvalue weighted by atomic mass is 32.1. The molecule has 0 aliphatic carbocycles. The number of rotatable bonds is 6. The molecule has 102 valence electrons. The van der Waals surface area contributed by atoms with E-state index in [2.05, 4.69) is 33.5 Å². The molecule has 18 heavy (non-hydrogen) atoms. The number of hydrogen-bond donors (Lipinski definition) is 1. The van der Waals surface area contributed by atoms with Crippen LogP contribution in [0.15, 0.2) is 0 Å². The molecule has 2 nitrogen and oxygen atoms in total. The van der Waals surface area contributed by atoms with Gasteiger partial charge in [-0.15, -0.1) is 11.3 Å². The first-order valence-electron chi connectivity index (χ1n) is 6.77. The molecule has 1 aromatic rings. The van der Waals surface area contributed by atoms with Gasteiger partial charge in [0.05, 0.1) is 13.0 Å². The molecule has 0 saturated carbocycles. The highest BCUT2D eigenvalue weighted by Crippen LogP contribution is 2.26. The number of carbonyl (C=O) groups is 1. The second-order valence-electron chi connectivity index (χ2n) is 5.82. The summed E-state index contributed by atoms with van der Waals surface area (Å²) in [6.45, 7) is 11.3. The molecule has 0 aromatic carbocycles. The lowest BCUT2D eigenvalue weighted by Crippen LogP contribution is -2.43. The molecule has 0 radical (unpaired) electrons. The number of primary amides is 1. The minimum atomic E-state index is -1.52. The van der Waals surface area contributed by atoms with Crippen LogP contribution in [0.3, 0.4) is 0 Å². The summed E-state index contributed by atoms with van der Waals surface area (Å²) in [5.74, 6) is -0.239. The quantitative estimate of drug-likeness (QED) is 0.800. The van der Waals surface area contributed by atoms with E-state index in [1.807, 2.05) is 0 Å². The number of aryl methyl sites for hydroxylation is 1. The van der Waals surface area contributed by atoms with Gasteiger partial charge >= 0.3 is 0 Å². The van der Waals surface area contributed by atoms with E-state index in [0.717, 1.165) is 30.6 Å². The zero-order valence-corrected chi connectivity index (χ0v) is 14.0. The number of amides is 1. The summed E-state index contributed by atoms with van der Waals surface area (Å²) in [5.41, 5.74) is 7.02. The Labute approximate surface area is 116 Å². The molecule has 1 amide bonds. The Balaban J connectivity index is 3.45. The lowest BCUT2D eigenvalue weighted by atomic mass is 10.1.